The Hall–Kier alpha value is -1.77. The van der Waals surface area contributed by atoms with Gasteiger partial charge in [0, 0.05) is 23.2 Å². The molecule has 0 saturated heterocycles. The quantitative estimate of drug-likeness (QED) is 0.836. The van der Waals surface area contributed by atoms with E-state index < -0.39 is 0 Å². The molecule has 0 aliphatic heterocycles. The van der Waals surface area contributed by atoms with Crippen molar-refractivity contribution in [3.05, 3.63) is 30.0 Å². The van der Waals surface area contributed by atoms with Crippen LogP contribution in [-0.4, -0.2) is 17.9 Å². The molecule has 1 aromatic carbocycles. The third kappa shape index (κ3) is 1.70. The molecule has 1 unspecified atom stereocenters. The van der Waals surface area contributed by atoms with E-state index >= 15 is 0 Å². The second kappa shape index (κ2) is 4.16. The fraction of sp³-hybridized carbons (Fsp3) is 0.400. The zero-order valence-electron chi connectivity index (χ0n) is 10.7. The lowest BCUT2D eigenvalue weighted by atomic mass is 9.94. The standard InChI is InChI=1S/C15H17NO2/c1-9(10-6-7-10)15(17)11-8-16-12-4-3-5-13(18-2)14(11)12/h3-5,8-10,16H,6-7H2,1-2H3. The van der Waals surface area contributed by atoms with Crippen molar-refractivity contribution in [2.45, 2.75) is 19.8 Å². The van der Waals surface area contributed by atoms with E-state index in [1.807, 2.05) is 31.3 Å². The first-order chi connectivity index (χ1) is 8.72. The number of ketones is 1. The third-order valence-corrected chi connectivity index (χ3v) is 3.90. The molecule has 3 heteroatoms. The highest BCUT2D eigenvalue weighted by molar-refractivity contribution is 6.10. The first-order valence-electron chi connectivity index (χ1n) is 6.40. The van der Waals surface area contributed by atoms with Crippen molar-refractivity contribution in [1.82, 2.24) is 4.98 Å². The summed E-state index contributed by atoms with van der Waals surface area (Å²) in [5.41, 5.74) is 1.72. The summed E-state index contributed by atoms with van der Waals surface area (Å²) < 4.78 is 5.36. The molecule has 0 bridgehead atoms. The number of nitrogens with one attached hydrogen (secondary N) is 1. The molecule has 2 aromatic rings. The highest BCUT2D eigenvalue weighted by Gasteiger charge is 2.34. The first kappa shape index (κ1) is 11.3. The molecular weight excluding hydrogens is 226 g/mol. The number of ether oxygens (including phenoxy) is 1. The summed E-state index contributed by atoms with van der Waals surface area (Å²) in [6, 6.07) is 5.79. The third-order valence-electron chi connectivity index (χ3n) is 3.90. The summed E-state index contributed by atoms with van der Waals surface area (Å²) in [7, 11) is 1.64. The van der Waals surface area contributed by atoms with E-state index in [2.05, 4.69) is 4.98 Å². The lowest BCUT2D eigenvalue weighted by Crippen LogP contribution is -2.12. The SMILES string of the molecule is COc1cccc2[nH]cc(C(=O)C(C)C3CC3)c12. The van der Waals surface area contributed by atoms with E-state index in [0.29, 0.717) is 5.92 Å². The molecule has 1 aromatic heterocycles. The normalized spacial score (nSPS) is 16.8. The van der Waals surface area contributed by atoms with Gasteiger partial charge in [-0.3, -0.25) is 4.79 Å². The van der Waals surface area contributed by atoms with Crippen molar-refractivity contribution in [1.29, 1.82) is 0 Å². The highest BCUT2D eigenvalue weighted by Crippen LogP contribution is 2.39. The van der Waals surface area contributed by atoms with Crippen LogP contribution in [0, 0.1) is 11.8 Å². The molecule has 0 amide bonds. The Morgan fingerprint density at radius 1 is 1.44 bits per heavy atom. The molecule has 1 saturated carbocycles. The van der Waals surface area contributed by atoms with Crippen LogP contribution >= 0.6 is 0 Å². The van der Waals surface area contributed by atoms with Gasteiger partial charge in [0.1, 0.15) is 5.75 Å². The van der Waals surface area contributed by atoms with Gasteiger partial charge in [-0.1, -0.05) is 13.0 Å². The van der Waals surface area contributed by atoms with Crippen LogP contribution in [0.4, 0.5) is 0 Å². The first-order valence-corrected chi connectivity index (χ1v) is 6.40. The van der Waals surface area contributed by atoms with Gasteiger partial charge in [0.2, 0.25) is 0 Å². The number of methoxy groups -OCH3 is 1. The number of carbonyl (C=O) groups is 1. The number of hydrogen-bond donors (Lipinski definition) is 1. The van der Waals surface area contributed by atoms with Crippen molar-refractivity contribution < 1.29 is 9.53 Å². The summed E-state index contributed by atoms with van der Waals surface area (Å²) in [5.74, 6) is 1.69. The smallest absolute Gasteiger partial charge is 0.168 e. The van der Waals surface area contributed by atoms with Crippen LogP contribution in [0.1, 0.15) is 30.1 Å². The van der Waals surface area contributed by atoms with E-state index in [0.717, 1.165) is 22.2 Å². The van der Waals surface area contributed by atoms with E-state index in [4.69, 9.17) is 4.74 Å². The zero-order chi connectivity index (χ0) is 12.7. The monoisotopic (exact) mass is 243 g/mol. The fourth-order valence-corrected chi connectivity index (χ4v) is 2.57. The Kier molecular flexibility index (Phi) is 2.62. The van der Waals surface area contributed by atoms with Gasteiger partial charge in [-0.2, -0.15) is 0 Å². The van der Waals surface area contributed by atoms with E-state index in [1.165, 1.54) is 12.8 Å². The number of hydrogen-bond acceptors (Lipinski definition) is 2. The zero-order valence-corrected chi connectivity index (χ0v) is 10.7. The molecule has 1 N–H and O–H groups in total. The van der Waals surface area contributed by atoms with Gasteiger partial charge in [0.15, 0.2) is 5.78 Å². The van der Waals surface area contributed by atoms with Crippen LogP contribution in [0.5, 0.6) is 5.75 Å². The Bertz CT molecular complexity index is 596. The van der Waals surface area contributed by atoms with Gasteiger partial charge in [0.25, 0.3) is 0 Å². The molecule has 18 heavy (non-hydrogen) atoms. The minimum Gasteiger partial charge on any atom is -0.496 e. The molecule has 3 nitrogen and oxygen atoms in total. The van der Waals surface area contributed by atoms with Gasteiger partial charge in [-0.05, 0) is 30.9 Å². The number of aromatic nitrogens is 1. The Balaban J connectivity index is 2.08. The van der Waals surface area contributed by atoms with Crippen molar-refractivity contribution in [2.75, 3.05) is 7.11 Å². The maximum Gasteiger partial charge on any atom is 0.168 e. The minimum atomic E-state index is 0.119. The van der Waals surface area contributed by atoms with Crippen LogP contribution in [0.25, 0.3) is 10.9 Å². The molecule has 0 radical (unpaired) electrons. The average molecular weight is 243 g/mol. The minimum absolute atomic E-state index is 0.119. The molecule has 1 heterocycles. The molecule has 0 spiro atoms. The highest BCUT2D eigenvalue weighted by atomic mass is 16.5. The lowest BCUT2D eigenvalue weighted by Gasteiger charge is -2.09. The predicted molar refractivity (Wildman–Crippen MR) is 71.1 cm³/mol. The number of carbonyl (C=O) groups excluding carboxylic acids is 1. The molecule has 1 aliphatic carbocycles. The van der Waals surface area contributed by atoms with Gasteiger partial charge < -0.3 is 9.72 Å². The number of H-pyrrole nitrogens is 1. The fourth-order valence-electron chi connectivity index (χ4n) is 2.57. The molecular formula is C15H17NO2. The van der Waals surface area contributed by atoms with Crippen LogP contribution in [0.3, 0.4) is 0 Å². The maximum absolute atomic E-state index is 12.5. The summed E-state index contributed by atoms with van der Waals surface area (Å²) >= 11 is 0. The second-order valence-corrected chi connectivity index (χ2v) is 5.08. The van der Waals surface area contributed by atoms with Crippen molar-refractivity contribution in [2.24, 2.45) is 11.8 Å². The number of Topliss-reactive ketones (excluding diaryl/α,β-unsaturated/α-hetero) is 1. The average Bonchev–Trinajstić information content (AvgIpc) is 3.16. The molecule has 1 fully saturated rings. The lowest BCUT2D eigenvalue weighted by molar-refractivity contribution is 0.0918. The summed E-state index contributed by atoms with van der Waals surface area (Å²) in [6.07, 6.45) is 4.19. The molecule has 94 valence electrons. The largest absolute Gasteiger partial charge is 0.496 e. The van der Waals surface area contributed by atoms with Gasteiger partial charge in [0.05, 0.1) is 12.5 Å². The molecule has 3 rings (SSSR count). The van der Waals surface area contributed by atoms with Crippen molar-refractivity contribution in [3.63, 3.8) is 0 Å². The van der Waals surface area contributed by atoms with Crippen LogP contribution in [0.15, 0.2) is 24.4 Å². The Labute approximate surface area is 106 Å². The maximum atomic E-state index is 12.5. The Morgan fingerprint density at radius 2 is 2.22 bits per heavy atom. The number of benzene rings is 1. The van der Waals surface area contributed by atoms with Crippen LogP contribution in [-0.2, 0) is 0 Å². The van der Waals surface area contributed by atoms with E-state index in [9.17, 15) is 4.79 Å². The molecule has 1 atom stereocenters. The van der Waals surface area contributed by atoms with Crippen LogP contribution < -0.4 is 4.74 Å². The van der Waals surface area contributed by atoms with E-state index in [1.54, 1.807) is 7.11 Å². The predicted octanol–water partition coefficient (Wildman–Crippen LogP) is 3.41. The number of fused-ring (bicyclic) bond motifs is 1. The van der Waals surface area contributed by atoms with E-state index in [-0.39, 0.29) is 11.7 Å². The second-order valence-electron chi connectivity index (χ2n) is 5.08. The van der Waals surface area contributed by atoms with Gasteiger partial charge in [-0.15, -0.1) is 0 Å². The van der Waals surface area contributed by atoms with Gasteiger partial charge in [-0.25, -0.2) is 0 Å². The number of rotatable bonds is 4. The molecule has 1 aliphatic rings. The summed E-state index contributed by atoms with van der Waals surface area (Å²) in [4.78, 5) is 15.7. The van der Waals surface area contributed by atoms with Crippen molar-refractivity contribution in [3.8, 4) is 5.75 Å². The topological polar surface area (TPSA) is 42.1 Å². The summed E-state index contributed by atoms with van der Waals surface area (Å²) in [6.45, 7) is 2.04. The van der Waals surface area contributed by atoms with Crippen molar-refractivity contribution >= 4 is 16.7 Å². The summed E-state index contributed by atoms with van der Waals surface area (Å²) in [5, 5.41) is 0.914. The Morgan fingerprint density at radius 3 is 2.89 bits per heavy atom. The van der Waals surface area contributed by atoms with Crippen LogP contribution in [0.2, 0.25) is 0 Å². The number of aromatic amines is 1. The van der Waals surface area contributed by atoms with Gasteiger partial charge >= 0.3 is 0 Å².